The predicted molar refractivity (Wildman–Crippen MR) is 428 cm³/mol. The van der Waals surface area contributed by atoms with Crippen molar-refractivity contribution in [3.05, 3.63) is 24.3 Å². The van der Waals surface area contributed by atoms with Gasteiger partial charge >= 0.3 is 39.5 Å². The van der Waals surface area contributed by atoms with Crippen LogP contribution in [0.4, 0.5) is 0 Å². The summed E-state index contributed by atoms with van der Waals surface area (Å²) in [6.45, 7) is 7.31. The van der Waals surface area contributed by atoms with Gasteiger partial charge in [-0.1, -0.05) is 380 Å². The molecule has 19 heteroatoms. The molecule has 0 rings (SSSR count). The van der Waals surface area contributed by atoms with Gasteiger partial charge in [-0.2, -0.15) is 0 Å². The van der Waals surface area contributed by atoms with Crippen molar-refractivity contribution in [3.63, 3.8) is 0 Å². The van der Waals surface area contributed by atoms with Crippen LogP contribution in [0.1, 0.15) is 433 Å². The SMILES string of the molecule is CCCCCC/C=C\C=C/CCCCCCCC(=O)O[C@H](COC(=O)CCCCCCCCCCCCC)COP(=O)(O)OC[C@H](O)COP(=O)(O)OC[C@@H](COC(=O)CCCCCCCCCCCCCCCCC(C)C)OC(=O)CCCCCCCCCCCCCCCCCCCCCCC. The van der Waals surface area contributed by atoms with Gasteiger partial charge in [0.05, 0.1) is 26.4 Å². The molecule has 0 aliphatic carbocycles. The maximum Gasteiger partial charge on any atom is 0.472 e. The Bertz CT molecular complexity index is 2070. The lowest BCUT2D eigenvalue weighted by Crippen LogP contribution is -2.30. The molecule has 0 heterocycles. The normalized spacial score (nSPS) is 13.9. The number of phosphoric acid groups is 2. The number of hydrogen-bond acceptors (Lipinski definition) is 15. The molecule has 0 radical (unpaired) electrons. The Balaban J connectivity index is 5.26. The largest absolute Gasteiger partial charge is 0.472 e. The molecule has 0 aliphatic heterocycles. The monoisotopic (exact) mass is 1520 g/mol. The molecular formula is C85H162O17P2. The molecule has 0 bridgehead atoms. The number of esters is 4. The minimum Gasteiger partial charge on any atom is -0.462 e. The van der Waals surface area contributed by atoms with Gasteiger partial charge in [0.1, 0.15) is 19.3 Å². The van der Waals surface area contributed by atoms with Gasteiger partial charge in [0, 0.05) is 25.7 Å². The lowest BCUT2D eigenvalue weighted by atomic mass is 10.0. The Morgan fingerprint density at radius 3 is 0.788 bits per heavy atom. The van der Waals surface area contributed by atoms with Crippen molar-refractivity contribution in [2.24, 2.45) is 5.92 Å². The first-order valence-corrected chi connectivity index (χ1v) is 46.4. The maximum absolute atomic E-state index is 13.1. The summed E-state index contributed by atoms with van der Waals surface area (Å²) in [5, 5.41) is 10.7. The lowest BCUT2D eigenvalue weighted by Gasteiger charge is -2.21. The van der Waals surface area contributed by atoms with Crippen LogP contribution in [-0.2, 0) is 65.4 Å². The second kappa shape index (κ2) is 77.3. The van der Waals surface area contributed by atoms with E-state index in [1.54, 1.807) is 0 Å². The summed E-state index contributed by atoms with van der Waals surface area (Å²) in [6.07, 6.45) is 73.0. The molecule has 104 heavy (non-hydrogen) atoms. The second-order valence-electron chi connectivity index (χ2n) is 30.4. The van der Waals surface area contributed by atoms with Crippen molar-refractivity contribution in [2.75, 3.05) is 39.6 Å². The Hall–Kier alpha value is -2.46. The van der Waals surface area contributed by atoms with Crippen LogP contribution >= 0.6 is 15.6 Å². The van der Waals surface area contributed by atoms with Crippen molar-refractivity contribution in [2.45, 2.75) is 451 Å². The second-order valence-corrected chi connectivity index (χ2v) is 33.3. The van der Waals surface area contributed by atoms with E-state index in [1.165, 1.54) is 244 Å². The number of aliphatic hydroxyl groups excluding tert-OH is 1. The molecule has 0 aliphatic rings. The van der Waals surface area contributed by atoms with Crippen molar-refractivity contribution >= 4 is 39.5 Å². The molecule has 3 N–H and O–H groups in total. The Morgan fingerprint density at radius 2 is 0.519 bits per heavy atom. The average molecular weight is 1520 g/mol. The topological polar surface area (TPSA) is 237 Å². The maximum atomic E-state index is 13.1. The highest BCUT2D eigenvalue weighted by atomic mass is 31.2. The molecule has 0 saturated carbocycles. The third-order valence-electron chi connectivity index (χ3n) is 19.4. The molecule has 2 unspecified atom stereocenters. The van der Waals surface area contributed by atoms with Crippen LogP contribution in [0.2, 0.25) is 0 Å². The molecule has 5 atom stereocenters. The summed E-state index contributed by atoms with van der Waals surface area (Å²) in [7, 11) is -9.94. The van der Waals surface area contributed by atoms with E-state index in [0.29, 0.717) is 25.7 Å². The van der Waals surface area contributed by atoms with E-state index >= 15 is 0 Å². The average Bonchev–Trinajstić information content (AvgIpc) is 0.906. The fraction of sp³-hybridized carbons (Fsp3) is 0.906. The number of carbonyl (C=O) groups excluding carboxylic acids is 4. The van der Waals surface area contributed by atoms with Gasteiger partial charge in [-0.25, -0.2) is 9.13 Å². The van der Waals surface area contributed by atoms with Crippen molar-refractivity contribution in [1.82, 2.24) is 0 Å². The minimum absolute atomic E-state index is 0.0857. The molecule has 0 aromatic carbocycles. The van der Waals surface area contributed by atoms with Gasteiger partial charge in [-0.05, 0) is 57.3 Å². The quantitative estimate of drug-likeness (QED) is 0.0169. The van der Waals surface area contributed by atoms with E-state index < -0.39 is 97.5 Å². The van der Waals surface area contributed by atoms with Crippen LogP contribution in [0.15, 0.2) is 24.3 Å². The summed E-state index contributed by atoms with van der Waals surface area (Å²) in [6, 6.07) is 0. The van der Waals surface area contributed by atoms with Gasteiger partial charge in [0.25, 0.3) is 0 Å². The minimum atomic E-state index is -4.97. The fourth-order valence-electron chi connectivity index (χ4n) is 12.8. The molecule has 0 aromatic rings. The number of rotatable bonds is 83. The van der Waals surface area contributed by atoms with E-state index in [0.717, 1.165) is 109 Å². The zero-order valence-corrected chi connectivity index (χ0v) is 69.4. The number of unbranched alkanes of at least 4 members (excludes halogenated alkanes) is 52. The molecule has 614 valence electrons. The first-order valence-electron chi connectivity index (χ1n) is 43.5. The summed E-state index contributed by atoms with van der Waals surface area (Å²) < 4.78 is 68.8. The third kappa shape index (κ3) is 77.7. The van der Waals surface area contributed by atoms with Gasteiger partial charge in [0.2, 0.25) is 0 Å². The van der Waals surface area contributed by atoms with Crippen LogP contribution in [0, 0.1) is 5.92 Å². The fourth-order valence-corrected chi connectivity index (χ4v) is 14.3. The third-order valence-corrected chi connectivity index (χ3v) is 21.3. The van der Waals surface area contributed by atoms with E-state index in [1.807, 2.05) is 0 Å². The van der Waals surface area contributed by atoms with Gasteiger partial charge < -0.3 is 33.8 Å². The molecule has 0 spiro atoms. The zero-order valence-electron chi connectivity index (χ0n) is 67.7. The molecular weight excluding hydrogens is 1350 g/mol. The molecule has 0 fully saturated rings. The van der Waals surface area contributed by atoms with Gasteiger partial charge in [-0.15, -0.1) is 0 Å². The van der Waals surface area contributed by atoms with Gasteiger partial charge in [-0.3, -0.25) is 37.3 Å². The lowest BCUT2D eigenvalue weighted by molar-refractivity contribution is -0.161. The molecule has 17 nitrogen and oxygen atoms in total. The van der Waals surface area contributed by atoms with E-state index in [4.69, 9.17) is 37.0 Å². The highest BCUT2D eigenvalue weighted by Crippen LogP contribution is 2.45. The van der Waals surface area contributed by atoms with E-state index in [9.17, 15) is 43.2 Å². The predicted octanol–water partition coefficient (Wildman–Crippen LogP) is 25.5. The Labute approximate surface area is 637 Å². The number of phosphoric ester groups is 2. The number of allylic oxidation sites excluding steroid dienone is 4. The molecule has 0 aromatic heterocycles. The smallest absolute Gasteiger partial charge is 0.462 e. The van der Waals surface area contributed by atoms with Crippen LogP contribution in [0.25, 0.3) is 0 Å². The number of carbonyl (C=O) groups is 4. The molecule has 0 amide bonds. The summed E-state index contributed by atoms with van der Waals surface area (Å²) in [5.74, 6) is -1.33. The number of aliphatic hydroxyl groups is 1. The Morgan fingerprint density at radius 1 is 0.298 bits per heavy atom. The standard InChI is InChI=1S/C85H162O17P2/c1-6-9-12-15-18-21-24-26-28-29-30-31-32-33-35-41-46-51-56-61-66-71-85(90)102-81(75-96-83(88)69-64-59-54-49-44-39-37-36-38-43-47-52-57-62-67-78(4)5)77-100-104(93,94)98-73-79(86)72-97-103(91,92)99-76-80(74-95-82(87)68-63-58-53-48-42-23-20-17-14-11-8-3)101-84(89)70-65-60-55-50-45-40-34-27-25-22-19-16-13-10-7-2/h22,25,27,34,78-81,86H,6-21,23-24,26,28-33,35-77H2,1-5H3,(H,91,92)(H,93,94)/b25-22-,34-27-/t79-,80+,81+/m0/s1. The van der Waals surface area contributed by atoms with Crippen molar-refractivity contribution in [3.8, 4) is 0 Å². The zero-order chi connectivity index (χ0) is 76.2. The van der Waals surface area contributed by atoms with Crippen LogP contribution in [-0.4, -0.2) is 96.7 Å². The number of ether oxygens (including phenoxy) is 4. The summed E-state index contributed by atoms with van der Waals surface area (Å²) >= 11 is 0. The number of hydrogen-bond donors (Lipinski definition) is 3. The summed E-state index contributed by atoms with van der Waals surface area (Å²) in [4.78, 5) is 73.1. The highest BCUT2D eigenvalue weighted by Gasteiger charge is 2.30. The van der Waals surface area contributed by atoms with Crippen molar-refractivity contribution < 1.29 is 80.2 Å². The van der Waals surface area contributed by atoms with Crippen LogP contribution in [0.5, 0.6) is 0 Å². The van der Waals surface area contributed by atoms with E-state index in [2.05, 4.69) is 58.9 Å². The first kappa shape index (κ1) is 102. The summed E-state index contributed by atoms with van der Waals surface area (Å²) in [5.41, 5.74) is 0. The van der Waals surface area contributed by atoms with Gasteiger partial charge in [0.15, 0.2) is 12.2 Å². The van der Waals surface area contributed by atoms with Crippen molar-refractivity contribution in [1.29, 1.82) is 0 Å². The van der Waals surface area contributed by atoms with E-state index in [-0.39, 0.29) is 25.7 Å². The first-order chi connectivity index (χ1) is 50.5. The van der Waals surface area contributed by atoms with Crippen LogP contribution in [0.3, 0.4) is 0 Å². The highest BCUT2D eigenvalue weighted by molar-refractivity contribution is 7.47. The van der Waals surface area contributed by atoms with Crippen LogP contribution < -0.4 is 0 Å². The Kier molecular flexibility index (Phi) is 75.4. The molecule has 0 saturated heterocycles.